The molecule has 0 radical (unpaired) electrons. The molecule has 0 bridgehead atoms. The molecule has 1 aromatic carbocycles. The first kappa shape index (κ1) is 29.8. The van der Waals surface area contributed by atoms with Gasteiger partial charge in [-0.3, -0.25) is 0 Å². The van der Waals surface area contributed by atoms with Crippen LogP contribution < -0.4 is 0 Å². The molecule has 228 valence electrons. The zero-order chi connectivity index (χ0) is 30.5. The number of carbonyl (C=O) groups excluding carboxylic acids is 1. The Labute approximate surface area is 254 Å². The number of allylic oxidation sites excluding steroid dienone is 4. The smallest absolute Gasteiger partial charge is 0.337 e. The van der Waals surface area contributed by atoms with Crippen LogP contribution >= 0.6 is 0 Å². The summed E-state index contributed by atoms with van der Waals surface area (Å²) >= 11 is 0. The lowest BCUT2D eigenvalue weighted by molar-refractivity contribution is -0.224. The highest BCUT2D eigenvalue weighted by Gasteiger charge is 2.70. The summed E-state index contributed by atoms with van der Waals surface area (Å²) in [6, 6.07) is 8.06. The molecule has 0 aromatic heterocycles. The lowest BCUT2D eigenvalue weighted by Gasteiger charge is -2.72. The molecule has 5 aliphatic rings. The topological polar surface area (TPSA) is 46.5 Å². The van der Waals surface area contributed by atoms with Crippen molar-refractivity contribution in [2.75, 3.05) is 7.11 Å². The molecule has 0 spiro atoms. The molecule has 4 fully saturated rings. The number of ether oxygens (including phenoxy) is 1. The number of benzene rings is 1. The molecule has 0 saturated heterocycles. The quantitative estimate of drug-likeness (QED) is 0.222. The number of methoxy groups -OCH3 is 1. The number of fused-ring (bicyclic) bond motifs is 7. The first-order valence-electron chi connectivity index (χ1n) is 16.6. The first-order valence-corrected chi connectivity index (χ1v) is 16.6. The summed E-state index contributed by atoms with van der Waals surface area (Å²) in [6.45, 7) is 23.8. The van der Waals surface area contributed by atoms with Crippen LogP contribution in [0, 0.1) is 56.7 Å². The highest BCUT2D eigenvalue weighted by Crippen LogP contribution is 2.78. The number of esters is 1. The molecular formula is C39H54O3. The van der Waals surface area contributed by atoms with Crippen molar-refractivity contribution in [1.82, 2.24) is 0 Å². The van der Waals surface area contributed by atoms with Gasteiger partial charge in [-0.1, -0.05) is 71.6 Å². The molecule has 1 N–H and O–H groups in total. The molecule has 0 amide bonds. The SMILES string of the molecule is C=C(C)[C@@H]1CC[C@]2(C(=C)O)CC[C@]3(C)[C@H](CC[C@@H]4[C@@]5(C)CC=C(c6ccc(C(=O)OC)cc6)C(C)(C)[C@@H]5CC[C@]43C)[C@@H]12. The predicted molar refractivity (Wildman–Crippen MR) is 172 cm³/mol. The summed E-state index contributed by atoms with van der Waals surface area (Å²) < 4.78 is 4.94. The van der Waals surface area contributed by atoms with Gasteiger partial charge in [-0.2, -0.15) is 0 Å². The maximum atomic E-state index is 12.1. The average Bonchev–Trinajstić information content (AvgIpc) is 3.34. The van der Waals surface area contributed by atoms with Crippen molar-refractivity contribution >= 4 is 11.5 Å². The number of aliphatic hydroxyl groups excluding tert-OH is 1. The number of hydrogen-bond donors (Lipinski definition) is 1. The number of carbonyl (C=O) groups is 1. The molecule has 0 unspecified atom stereocenters. The van der Waals surface area contributed by atoms with Crippen LogP contribution in [-0.2, 0) is 4.74 Å². The molecular weight excluding hydrogens is 516 g/mol. The van der Waals surface area contributed by atoms with Gasteiger partial charge in [-0.15, -0.1) is 0 Å². The number of rotatable bonds is 4. The second-order valence-corrected chi connectivity index (χ2v) is 16.4. The van der Waals surface area contributed by atoms with Crippen LogP contribution in [0.15, 0.2) is 54.8 Å². The third-order valence-corrected chi connectivity index (χ3v) is 14.8. The summed E-state index contributed by atoms with van der Waals surface area (Å²) in [6.07, 6.45) is 13.2. The van der Waals surface area contributed by atoms with Crippen LogP contribution in [0.1, 0.15) is 115 Å². The van der Waals surface area contributed by atoms with E-state index in [2.05, 4.69) is 72.9 Å². The number of aliphatic hydroxyl groups is 1. The van der Waals surface area contributed by atoms with E-state index in [1.54, 1.807) is 0 Å². The van der Waals surface area contributed by atoms with Crippen molar-refractivity contribution in [2.45, 2.75) is 99.3 Å². The largest absolute Gasteiger partial charge is 0.512 e. The molecule has 9 atom stereocenters. The third-order valence-electron chi connectivity index (χ3n) is 14.8. The molecule has 1 aromatic rings. The van der Waals surface area contributed by atoms with Crippen LogP contribution in [0.2, 0.25) is 0 Å². The monoisotopic (exact) mass is 570 g/mol. The third kappa shape index (κ3) is 3.73. The summed E-state index contributed by atoms with van der Waals surface area (Å²) in [5.41, 5.74) is 5.29. The van der Waals surface area contributed by atoms with Crippen LogP contribution in [0.25, 0.3) is 5.57 Å². The van der Waals surface area contributed by atoms with Crippen LogP contribution in [0.5, 0.6) is 0 Å². The minimum absolute atomic E-state index is 0.0473. The van der Waals surface area contributed by atoms with Gasteiger partial charge in [0.1, 0.15) is 0 Å². The highest BCUT2D eigenvalue weighted by molar-refractivity contribution is 5.89. The minimum Gasteiger partial charge on any atom is -0.512 e. The van der Waals surface area contributed by atoms with E-state index in [9.17, 15) is 9.90 Å². The van der Waals surface area contributed by atoms with Crippen molar-refractivity contribution in [3.63, 3.8) is 0 Å². The second kappa shape index (κ2) is 9.60. The van der Waals surface area contributed by atoms with Crippen molar-refractivity contribution in [1.29, 1.82) is 0 Å². The Balaban J connectivity index is 1.36. The van der Waals surface area contributed by atoms with Gasteiger partial charge in [0.15, 0.2) is 0 Å². The van der Waals surface area contributed by atoms with Crippen LogP contribution in [0.4, 0.5) is 0 Å². The van der Waals surface area contributed by atoms with Crippen molar-refractivity contribution in [3.8, 4) is 0 Å². The Morgan fingerprint density at radius 3 is 2.19 bits per heavy atom. The molecule has 42 heavy (non-hydrogen) atoms. The zero-order valence-electron chi connectivity index (χ0n) is 27.3. The van der Waals surface area contributed by atoms with E-state index >= 15 is 0 Å². The lowest BCUT2D eigenvalue weighted by Crippen LogP contribution is -2.65. The Morgan fingerprint density at radius 2 is 1.57 bits per heavy atom. The lowest BCUT2D eigenvalue weighted by atomic mass is 9.32. The van der Waals surface area contributed by atoms with E-state index in [0.29, 0.717) is 40.9 Å². The van der Waals surface area contributed by atoms with Crippen molar-refractivity contribution in [3.05, 3.63) is 66.0 Å². The highest BCUT2D eigenvalue weighted by atomic mass is 16.5. The fourth-order valence-corrected chi connectivity index (χ4v) is 12.6. The summed E-state index contributed by atoms with van der Waals surface area (Å²) in [7, 11) is 1.44. The van der Waals surface area contributed by atoms with Crippen molar-refractivity contribution < 1.29 is 14.6 Å². The normalized spacial score (nSPS) is 43.6. The molecule has 5 aliphatic carbocycles. The summed E-state index contributed by atoms with van der Waals surface area (Å²) in [4.78, 5) is 12.1. The Kier molecular flexibility index (Phi) is 6.81. The Morgan fingerprint density at radius 1 is 0.881 bits per heavy atom. The zero-order valence-corrected chi connectivity index (χ0v) is 27.3. The van der Waals surface area contributed by atoms with E-state index in [4.69, 9.17) is 4.74 Å². The van der Waals surface area contributed by atoms with E-state index in [-0.39, 0.29) is 33.0 Å². The van der Waals surface area contributed by atoms with E-state index < -0.39 is 0 Å². The van der Waals surface area contributed by atoms with E-state index in [1.165, 1.54) is 55.9 Å². The molecule has 0 heterocycles. The fraction of sp³-hybridized carbons (Fsp3) is 0.667. The van der Waals surface area contributed by atoms with Gasteiger partial charge in [0.05, 0.1) is 18.4 Å². The maximum Gasteiger partial charge on any atom is 0.337 e. The molecule has 3 heteroatoms. The fourth-order valence-electron chi connectivity index (χ4n) is 12.6. The van der Waals surface area contributed by atoms with Crippen LogP contribution in [0.3, 0.4) is 0 Å². The maximum absolute atomic E-state index is 12.1. The van der Waals surface area contributed by atoms with Gasteiger partial charge >= 0.3 is 5.97 Å². The second-order valence-electron chi connectivity index (χ2n) is 16.4. The van der Waals surface area contributed by atoms with Gasteiger partial charge in [-0.05, 0) is 139 Å². The molecule has 3 nitrogen and oxygen atoms in total. The number of hydrogen-bond acceptors (Lipinski definition) is 3. The summed E-state index contributed by atoms with van der Waals surface area (Å²) in [5.74, 6) is 3.03. The van der Waals surface area contributed by atoms with E-state index in [0.717, 1.165) is 25.7 Å². The molecule has 0 aliphatic heterocycles. The van der Waals surface area contributed by atoms with Crippen LogP contribution in [-0.4, -0.2) is 18.2 Å². The average molecular weight is 571 g/mol. The standard InChI is InChI=1S/C39H54O3/c1-24(2)28-16-21-39(25(3)40)23-22-37(7)30(33(28)39)14-15-32-36(6)19-17-29(26-10-12-27(13-11-26)34(41)42-9)35(4,5)31(36)18-20-38(32,37)8/h10-13,17,28,30-33,40H,1,3,14-16,18-23H2,2,4-9H3/t28-,30+,31-,32+,33+,36-,37+,38+,39+/m0/s1. The van der Waals surface area contributed by atoms with Gasteiger partial charge in [0.25, 0.3) is 0 Å². The summed E-state index contributed by atoms with van der Waals surface area (Å²) in [5, 5.41) is 11.1. The van der Waals surface area contributed by atoms with Crippen molar-refractivity contribution in [2.24, 2.45) is 56.7 Å². The molecule has 4 saturated carbocycles. The minimum atomic E-state index is -0.280. The van der Waals surface area contributed by atoms with Gasteiger partial charge in [-0.25, -0.2) is 4.79 Å². The Hall–Kier alpha value is -2.29. The first-order chi connectivity index (χ1) is 19.7. The van der Waals surface area contributed by atoms with Gasteiger partial charge < -0.3 is 9.84 Å². The predicted octanol–water partition coefficient (Wildman–Crippen LogP) is 10.2. The van der Waals surface area contributed by atoms with E-state index in [1.807, 2.05) is 12.1 Å². The van der Waals surface area contributed by atoms with Gasteiger partial charge in [0.2, 0.25) is 0 Å². The molecule has 6 rings (SSSR count). The van der Waals surface area contributed by atoms with Gasteiger partial charge in [0, 0.05) is 5.41 Å². The Bertz CT molecular complexity index is 1330.